The highest BCUT2D eigenvalue weighted by molar-refractivity contribution is 5.26. The fraction of sp³-hybridized carbons (Fsp3) is 0.368. The van der Waals surface area contributed by atoms with Gasteiger partial charge in [-0.3, -0.25) is 0 Å². The van der Waals surface area contributed by atoms with Crippen molar-refractivity contribution >= 4 is 0 Å². The molecule has 23 heavy (non-hydrogen) atoms. The van der Waals surface area contributed by atoms with E-state index >= 15 is 0 Å². The van der Waals surface area contributed by atoms with Crippen molar-refractivity contribution in [1.82, 2.24) is 0 Å². The zero-order chi connectivity index (χ0) is 16.7. The minimum absolute atomic E-state index is 0.235. The molecule has 0 radical (unpaired) electrons. The summed E-state index contributed by atoms with van der Waals surface area (Å²) in [6.45, 7) is 0. The van der Waals surface area contributed by atoms with E-state index in [0.29, 0.717) is 32.1 Å². The summed E-state index contributed by atoms with van der Waals surface area (Å²) in [5.74, 6) is 0.470. The van der Waals surface area contributed by atoms with Crippen molar-refractivity contribution in [3.05, 3.63) is 59.7 Å². The highest BCUT2D eigenvalue weighted by Crippen LogP contribution is 2.16. The first-order chi connectivity index (χ1) is 11.0. The second-order valence-corrected chi connectivity index (χ2v) is 5.95. The van der Waals surface area contributed by atoms with Crippen molar-refractivity contribution in [1.29, 1.82) is 0 Å². The maximum atomic E-state index is 10.0. The van der Waals surface area contributed by atoms with Gasteiger partial charge in [0.2, 0.25) is 0 Å². The molecular weight excluding hydrogens is 292 g/mol. The Balaban J connectivity index is 1.68. The lowest BCUT2D eigenvalue weighted by Crippen LogP contribution is -2.19. The van der Waals surface area contributed by atoms with E-state index in [1.807, 2.05) is 24.3 Å². The molecule has 4 N–H and O–H groups in total. The predicted molar refractivity (Wildman–Crippen MR) is 89.5 cm³/mol. The van der Waals surface area contributed by atoms with Crippen molar-refractivity contribution in [2.24, 2.45) is 0 Å². The number of aliphatic hydroxyl groups is 2. The minimum Gasteiger partial charge on any atom is -0.508 e. The molecule has 0 saturated heterocycles. The molecule has 0 aromatic heterocycles. The van der Waals surface area contributed by atoms with Gasteiger partial charge in [-0.25, -0.2) is 0 Å². The Hall–Kier alpha value is -2.04. The molecule has 2 aromatic carbocycles. The third kappa shape index (κ3) is 6.30. The number of benzene rings is 2. The van der Waals surface area contributed by atoms with Crippen molar-refractivity contribution in [2.75, 3.05) is 0 Å². The van der Waals surface area contributed by atoms with E-state index in [9.17, 15) is 20.4 Å². The van der Waals surface area contributed by atoms with Crippen LogP contribution in [-0.4, -0.2) is 32.6 Å². The summed E-state index contributed by atoms with van der Waals surface area (Å²) < 4.78 is 0. The van der Waals surface area contributed by atoms with E-state index in [1.54, 1.807) is 24.3 Å². The van der Waals surface area contributed by atoms with E-state index in [2.05, 4.69) is 0 Å². The van der Waals surface area contributed by atoms with Crippen molar-refractivity contribution in [3.63, 3.8) is 0 Å². The first kappa shape index (κ1) is 17.3. The number of aromatic hydroxyl groups is 2. The molecule has 0 amide bonds. The number of aliphatic hydroxyl groups excluding tert-OH is 2. The summed E-state index contributed by atoms with van der Waals surface area (Å²) >= 11 is 0. The second kappa shape index (κ2) is 8.56. The molecule has 0 aliphatic heterocycles. The molecule has 4 heteroatoms. The number of hydrogen-bond donors (Lipinski definition) is 4. The van der Waals surface area contributed by atoms with E-state index in [0.717, 1.165) is 11.1 Å². The molecule has 0 spiro atoms. The van der Waals surface area contributed by atoms with E-state index in [-0.39, 0.29) is 11.5 Å². The average molecular weight is 316 g/mol. The van der Waals surface area contributed by atoms with Gasteiger partial charge in [0.05, 0.1) is 12.2 Å². The van der Waals surface area contributed by atoms with Crippen LogP contribution >= 0.6 is 0 Å². The third-order valence-electron chi connectivity index (χ3n) is 3.95. The van der Waals surface area contributed by atoms with Gasteiger partial charge in [-0.05, 0) is 67.5 Å². The Morgan fingerprint density at radius 3 is 1.30 bits per heavy atom. The zero-order valence-corrected chi connectivity index (χ0v) is 13.1. The minimum atomic E-state index is -0.543. The molecule has 0 aliphatic carbocycles. The van der Waals surface area contributed by atoms with Crippen LogP contribution in [0.3, 0.4) is 0 Å². The second-order valence-electron chi connectivity index (χ2n) is 5.95. The van der Waals surface area contributed by atoms with Crippen LogP contribution in [0.25, 0.3) is 0 Å². The number of phenolic OH excluding ortho intramolecular Hbond substituents is 2. The van der Waals surface area contributed by atoms with Gasteiger partial charge in [0.1, 0.15) is 11.5 Å². The fourth-order valence-electron chi connectivity index (χ4n) is 2.54. The fourth-order valence-corrected chi connectivity index (χ4v) is 2.54. The molecule has 0 heterocycles. The number of aryl methyl sites for hydroxylation is 2. The summed E-state index contributed by atoms with van der Waals surface area (Å²) in [6, 6.07) is 13.9. The lowest BCUT2D eigenvalue weighted by Gasteiger charge is -2.16. The largest absolute Gasteiger partial charge is 0.508 e. The number of rotatable bonds is 8. The summed E-state index contributed by atoms with van der Waals surface area (Å²) in [7, 11) is 0. The first-order valence-electron chi connectivity index (χ1n) is 7.95. The molecule has 0 fully saturated rings. The van der Waals surface area contributed by atoms with Gasteiger partial charge in [0.25, 0.3) is 0 Å². The summed E-state index contributed by atoms with van der Waals surface area (Å²) in [5.41, 5.74) is 2.11. The summed E-state index contributed by atoms with van der Waals surface area (Å²) in [6.07, 6.45) is 1.87. The maximum absolute atomic E-state index is 10.0. The lowest BCUT2D eigenvalue weighted by atomic mass is 9.99. The van der Waals surface area contributed by atoms with Gasteiger partial charge in [0, 0.05) is 0 Å². The van der Waals surface area contributed by atoms with Gasteiger partial charge in [-0.15, -0.1) is 0 Å². The van der Waals surface area contributed by atoms with Crippen LogP contribution in [0.5, 0.6) is 11.5 Å². The Morgan fingerprint density at radius 1 is 0.609 bits per heavy atom. The van der Waals surface area contributed by atoms with Gasteiger partial charge in [0.15, 0.2) is 0 Å². The molecule has 0 aliphatic rings. The van der Waals surface area contributed by atoms with Crippen LogP contribution in [0, 0.1) is 0 Å². The van der Waals surface area contributed by atoms with E-state index < -0.39 is 12.2 Å². The van der Waals surface area contributed by atoms with Crippen LogP contribution < -0.4 is 0 Å². The topological polar surface area (TPSA) is 80.9 Å². The van der Waals surface area contributed by atoms with Crippen LogP contribution in [0.2, 0.25) is 0 Å². The van der Waals surface area contributed by atoms with Crippen molar-refractivity contribution in [3.8, 4) is 11.5 Å². The van der Waals surface area contributed by atoms with Crippen molar-refractivity contribution < 1.29 is 20.4 Å². The molecular formula is C19H24O4. The standard InChI is InChI=1S/C19H24O4/c20-16-7-1-14(2-8-16)5-11-18(22)13-19(23)12-6-15-3-9-17(21)10-4-15/h1-4,7-10,18-23H,5-6,11-13H2/t18-,19-/m1/s1. The highest BCUT2D eigenvalue weighted by atomic mass is 16.3. The number of phenols is 2. The van der Waals surface area contributed by atoms with Crippen LogP contribution in [0.4, 0.5) is 0 Å². The Labute approximate surface area is 136 Å². The Kier molecular flexibility index (Phi) is 6.44. The van der Waals surface area contributed by atoms with Crippen LogP contribution in [0.1, 0.15) is 30.4 Å². The normalized spacial score (nSPS) is 13.7. The van der Waals surface area contributed by atoms with Gasteiger partial charge < -0.3 is 20.4 Å². The van der Waals surface area contributed by atoms with E-state index in [1.165, 1.54) is 0 Å². The van der Waals surface area contributed by atoms with Crippen molar-refractivity contribution in [2.45, 2.75) is 44.3 Å². The molecule has 0 unspecified atom stereocenters. The van der Waals surface area contributed by atoms with Gasteiger partial charge in [-0.1, -0.05) is 24.3 Å². The predicted octanol–water partition coefficient (Wildman–Crippen LogP) is 2.78. The zero-order valence-electron chi connectivity index (χ0n) is 13.1. The SMILES string of the molecule is Oc1ccc(CC[C@@H](O)C[C@H](O)CCc2ccc(O)cc2)cc1. The third-order valence-corrected chi connectivity index (χ3v) is 3.95. The average Bonchev–Trinajstić information content (AvgIpc) is 2.54. The quantitative estimate of drug-likeness (QED) is 0.604. The van der Waals surface area contributed by atoms with Crippen LogP contribution in [-0.2, 0) is 12.8 Å². The smallest absolute Gasteiger partial charge is 0.115 e. The monoisotopic (exact) mass is 316 g/mol. The Morgan fingerprint density at radius 2 is 0.957 bits per heavy atom. The molecule has 4 nitrogen and oxygen atoms in total. The van der Waals surface area contributed by atoms with E-state index in [4.69, 9.17) is 0 Å². The van der Waals surface area contributed by atoms with Crippen LogP contribution in [0.15, 0.2) is 48.5 Å². The molecule has 2 rings (SSSR count). The Bertz CT molecular complexity index is 524. The maximum Gasteiger partial charge on any atom is 0.115 e. The van der Waals surface area contributed by atoms with Gasteiger partial charge in [-0.2, -0.15) is 0 Å². The molecule has 0 saturated carbocycles. The first-order valence-corrected chi connectivity index (χ1v) is 7.95. The lowest BCUT2D eigenvalue weighted by molar-refractivity contribution is 0.0714. The molecule has 124 valence electrons. The molecule has 2 aromatic rings. The number of hydrogen-bond acceptors (Lipinski definition) is 4. The summed E-state index contributed by atoms with van der Waals surface area (Å²) in [5, 5.41) is 38.5. The molecule has 2 atom stereocenters. The van der Waals surface area contributed by atoms with Gasteiger partial charge >= 0.3 is 0 Å². The molecule has 0 bridgehead atoms. The highest BCUT2D eigenvalue weighted by Gasteiger charge is 2.12. The summed E-state index contributed by atoms with van der Waals surface area (Å²) in [4.78, 5) is 0.